The Balaban J connectivity index is 1.79. The number of carboxylic acid groups (broad SMARTS) is 1. The van der Waals surface area contributed by atoms with E-state index in [0.29, 0.717) is 29.2 Å². The number of fused-ring (bicyclic) bond motifs is 1. The molecule has 6 nitrogen and oxygen atoms in total. The van der Waals surface area contributed by atoms with E-state index in [1.807, 2.05) is 0 Å². The average Bonchev–Trinajstić information content (AvgIpc) is 2.90. The van der Waals surface area contributed by atoms with E-state index in [2.05, 4.69) is 20.4 Å². The predicted molar refractivity (Wildman–Crippen MR) is 79.7 cm³/mol. The fourth-order valence-corrected chi connectivity index (χ4v) is 3.52. The van der Waals surface area contributed by atoms with Crippen LogP contribution in [0.25, 0.3) is 0 Å². The molecule has 0 bridgehead atoms. The molecular formula is C15H22N4O2. The molecule has 0 aromatic carbocycles. The molecule has 0 radical (unpaired) electrons. The lowest BCUT2D eigenvalue weighted by Crippen LogP contribution is -2.43. The number of carbonyl (C=O) groups is 1. The first-order valence-corrected chi connectivity index (χ1v) is 7.64. The molecule has 2 fully saturated rings. The van der Waals surface area contributed by atoms with Gasteiger partial charge in [-0.25, -0.2) is 4.79 Å². The summed E-state index contributed by atoms with van der Waals surface area (Å²) in [4.78, 5) is 14.0. The van der Waals surface area contributed by atoms with Crippen LogP contribution < -0.4 is 5.32 Å². The van der Waals surface area contributed by atoms with Crippen molar-refractivity contribution in [1.82, 2.24) is 15.1 Å². The highest BCUT2D eigenvalue weighted by atomic mass is 16.4. The Kier molecular flexibility index (Phi) is 3.80. The van der Waals surface area contributed by atoms with Gasteiger partial charge in [-0.15, -0.1) is 5.10 Å². The van der Waals surface area contributed by atoms with Crippen LogP contribution >= 0.6 is 0 Å². The van der Waals surface area contributed by atoms with Gasteiger partial charge in [-0.05, 0) is 51.6 Å². The van der Waals surface area contributed by atoms with Gasteiger partial charge in [0.2, 0.25) is 0 Å². The minimum absolute atomic E-state index is 0.261. The standard InChI is InChI=1S/C15H22N4O2/c1-9-10(2)17-18-14(13(9)15(20)21)16-11-5-7-19-6-3-4-12(19)8-11/h11-12H,3-8H2,1-2H3,(H,16,18)(H,20,21). The monoisotopic (exact) mass is 290 g/mol. The van der Waals surface area contributed by atoms with E-state index in [9.17, 15) is 9.90 Å². The minimum atomic E-state index is -0.939. The lowest BCUT2D eigenvalue weighted by Gasteiger charge is -2.35. The largest absolute Gasteiger partial charge is 0.478 e. The van der Waals surface area contributed by atoms with Crippen LogP contribution in [0, 0.1) is 13.8 Å². The van der Waals surface area contributed by atoms with E-state index >= 15 is 0 Å². The maximum Gasteiger partial charge on any atom is 0.339 e. The first-order chi connectivity index (χ1) is 10.1. The highest BCUT2D eigenvalue weighted by Crippen LogP contribution is 2.29. The summed E-state index contributed by atoms with van der Waals surface area (Å²) in [7, 11) is 0. The number of nitrogens with zero attached hydrogens (tertiary/aromatic N) is 3. The minimum Gasteiger partial charge on any atom is -0.478 e. The van der Waals surface area contributed by atoms with Crippen molar-refractivity contribution >= 4 is 11.8 Å². The van der Waals surface area contributed by atoms with Crippen molar-refractivity contribution in [3.8, 4) is 0 Å². The molecule has 2 N–H and O–H groups in total. The summed E-state index contributed by atoms with van der Waals surface area (Å²) in [5, 5.41) is 20.9. The fraction of sp³-hybridized carbons (Fsp3) is 0.667. The van der Waals surface area contributed by atoms with Crippen LogP contribution in [0.5, 0.6) is 0 Å². The molecule has 2 unspecified atom stereocenters. The summed E-state index contributed by atoms with van der Waals surface area (Å²) < 4.78 is 0. The van der Waals surface area contributed by atoms with Crippen molar-refractivity contribution in [1.29, 1.82) is 0 Å². The van der Waals surface area contributed by atoms with Crippen LogP contribution in [0.4, 0.5) is 5.82 Å². The van der Waals surface area contributed by atoms with Crippen molar-refractivity contribution in [2.75, 3.05) is 18.4 Å². The molecule has 2 saturated heterocycles. The number of aryl methyl sites for hydroxylation is 1. The Bertz CT molecular complexity index is 561. The number of carboxylic acids is 1. The molecular weight excluding hydrogens is 268 g/mol. The smallest absolute Gasteiger partial charge is 0.339 e. The van der Waals surface area contributed by atoms with Crippen molar-refractivity contribution in [3.63, 3.8) is 0 Å². The summed E-state index contributed by atoms with van der Waals surface area (Å²) in [5.74, 6) is -0.520. The Hall–Kier alpha value is -1.69. The van der Waals surface area contributed by atoms with Crippen LogP contribution in [0.3, 0.4) is 0 Å². The third-order valence-corrected chi connectivity index (χ3v) is 4.83. The van der Waals surface area contributed by atoms with Crippen molar-refractivity contribution in [2.45, 2.75) is 51.6 Å². The lowest BCUT2D eigenvalue weighted by atomic mass is 9.97. The number of anilines is 1. The zero-order valence-electron chi connectivity index (χ0n) is 12.6. The number of piperidine rings is 1. The maximum absolute atomic E-state index is 11.5. The maximum atomic E-state index is 11.5. The van der Waals surface area contributed by atoms with Gasteiger partial charge in [0, 0.05) is 18.6 Å². The predicted octanol–water partition coefficient (Wildman–Crippen LogP) is 1.83. The molecule has 114 valence electrons. The summed E-state index contributed by atoms with van der Waals surface area (Å²) in [6, 6.07) is 0.933. The molecule has 0 amide bonds. The highest BCUT2D eigenvalue weighted by Gasteiger charge is 2.32. The van der Waals surface area contributed by atoms with E-state index in [1.54, 1.807) is 13.8 Å². The first-order valence-electron chi connectivity index (χ1n) is 7.64. The molecule has 6 heteroatoms. The molecule has 1 aromatic rings. The zero-order valence-corrected chi connectivity index (χ0v) is 12.6. The molecule has 0 spiro atoms. The second-order valence-electron chi connectivity index (χ2n) is 6.14. The molecule has 21 heavy (non-hydrogen) atoms. The normalized spacial score (nSPS) is 25.6. The molecule has 3 rings (SSSR count). The van der Waals surface area contributed by atoms with Gasteiger partial charge in [0.15, 0.2) is 5.82 Å². The van der Waals surface area contributed by atoms with Crippen molar-refractivity contribution in [2.24, 2.45) is 0 Å². The Morgan fingerprint density at radius 1 is 1.29 bits per heavy atom. The van der Waals surface area contributed by atoms with Crippen LogP contribution in [0.15, 0.2) is 0 Å². The number of hydrogen-bond acceptors (Lipinski definition) is 5. The summed E-state index contributed by atoms with van der Waals surface area (Å²) >= 11 is 0. The topological polar surface area (TPSA) is 78.4 Å². The molecule has 2 atom stereocenters. The van der Waals surface area contributed by atoms with Gasteiger partial charge >= 0.3 is 5.97 Å². The number of aromatic carboxylic acids is 1. The van der Waals surface area contributed by atoms with E-state index in [4.69, 9.17) is 0 Å². The van der Waals surface area contributed by atoms with E-state index in [-0.39, 0.29) is 5.56 Å². The van der Waals surface area contributed by atoms with Gasteiger partial charge in [0.25, 0.3) is 0 Å². The first kappa shape index (κ1) is 14.3. The fourth-order valence-electron chi connectivity index (χ4n) is 3.52. The quantitative estimate of drug-likeness (QED) is 0.884. The van der Waals surface area contributed by atoms with E-state index in [0.717, 1.165) is 19.4 Å². The van der Waals surface area contributed by atoms with E-state index < -0.39 is 5.97 Å². The average molecular weight is 290 g/mol. The third-order valence-electron chi connectivity index (χ3n) is 4.83. The summed E-state index contributed by atoms with van der Waals surface area (Å²) in [5.41, 5.74) is 1.62. The molecule has 0 aliphatic carbocycles. The van der Waals surface area contributed by atoms with Crippen LogP contribution in [-0.2, 0) is 0 Å². The van der Waals surface area contributed by atoms with Crippen LogP contribution in [-0.4, -0.2) is 51.3 Å². The van der Waals surface area contributed by atoms with Gasteiger partial charge in [-0.2, -0.15) is 5.10 Å². The van der Waals surface area contributed by atoms with Gasteiger partial charge < -0.3 is 15.3 Å². The van der Waals surface area contributed by atoms with Crippen molar-refractivity contribution in [3.05, 3.63) is 16.8 Å². The summed E-state index contributed by atoms with van der Waals surface area (Å²) in [6.07, 6.45) is 4.63. The molecule has 2 aliphatic rings. The molecule has 2 aliphatic heterocycles. The number of aromatic nitrogens is 2. The second kappa shape index (κ2) is 5.60. The van der Waals surface area contributed by atoms with E-state index in [1.165, 1.54) is 19.4 Å². The molecule has 3 heterocycles. The Labute approximate surface area is 124 Å². The van der Waals surface area contributed by atoms with Crippen molar-refractivity contribution < 1.29 is 9.90 Å². The van der Waals surface area contributed by atoms with Gasteiger partial charge in [0.1, 0.15) is 5.56 Å². The number of nitrogens with one attached hydrogen (secondary N) is 1. The van der Waals surface area contributed by atoms with Gasteiger partial charge in [-0.1, -0.05) is 0 Å². The Morgan fingerprint density at radius 2 is 2.10 bits per heavy atom. The van der Waals surface area contributed by atoms with Crippen LogP contribution in [0.1, 0.15) is 47.3 Å². The Morgan fingerprint density at radius 3 is 2.86 bits per heavy atom. The number of rotatable bonds is 3. The highest BCUT2D eigenvalue weighted by molar-refractivity contribution is 5.94. The van der Waals surface area contributed by atoms with Crippen LogP contribution in [0.2, 0.25) is 0 Å². The van der Waals surface area contributed by atoms with Gasteiger partial charge in [-0.3, -0.25) is 0 Å². The lowest BCUT2D eigenvalue weighted by molar-refractivity contribution is 0.0696. The number of hydrogen-bond donors (Lipinski definition) is 2. The summed E-state index contributed by atoms with van der Waals surface area (Å²) in [6.45, 7) is 5.87. The SMILES string of the molecule is Cc1nnc(NC2CCN3CCCC3C2)c(C(=O)O)c1C. The molecule has 1 aromatic heterocycles. The van der Waals surface area contributed by atoms with Gasteiger partial charge in [0.05, 0.1) is 5.69 Å². The second-order valence-corrected chi connectivity index (χ2v) is 6.14. The third kappa shape index (κ3) is 2.72. The zero-order chi connectivity index (χ0) is 15.0. The molecule has 0 saturated carbocycles.